The highest BCUT2D eigenvalue weighted by atomic mass is 35.5. The molecular weight excluding hydrogens is 344 g/mol. The lowest BCUT2D eigenvalue weighted by atomic mass is 10.1. The third kappa shape index (κ3) is 5.27. The van der Waals surface area contributed by atoms with E-state index in [1.165, 1.54) is 19.2 Å². The Labute approximate surface area is 151 Å². The van der Waals surface area contributed by atoms with E-state index in [1.54, 1.807) is 7.11 Å². The van der Waals surface area contributed by atoms with Crippen molar-refractivity contribution >= 4 is 23.2 Å². The molecule has 1 amide bonds. The highest BCUT2D eigenvalue weighted by Crippen LogP contribution is 2.28. The lowest BCUT2D eigenvalue weighted by Crippen LogP contribution is -2.23. The van der Waals surface area contributed by atoms with Crippen molar-refractivity contribution in [2.45, 2.75) is 6.54 Å². The van der Waals surface area contributed by atoms with Crippen molar-refractivity contribution in [2.24, 2.45) is 0 Å². The van der Waals surface area contributed by atoms with Gasteiger partial charge < -0.3 is 25.3 Å². The molecule has 134 valence electrons. The number of carbonyl (C=O) groups excluding carboxylic acids is 1. The minimum atomic E-state index is -0.292. The minimum absolute atomic E-state index is 0.292. The molecule has 0 aliphatic rings. The zero-order valence-electron chi connectivity index (χ0n) is 14.2. The van der Waals surface area contributed by atoms with Gasteiger partial charge in [0.15, 0.2) is 0 Å². The summed E-state index contributed by atoms with van der Waals surface area (Å²) in [5.74, 6) is 0.833. The number of amides is 1. The molecule has 7 heteroatoms. The average Bonchev–Trinajstić information content (AvgIpc) is 2.62. The van der Waals surface area contributed by atoms with E-state index < -0.39 is 0 Å². The van der Waals surface area contributed by atoms with Crippen LogP contribution >= 0.6 is 11.6 Å². The molecule has 2 rings (SSSR count). The first-order valence-corrected chi connectivity index (χ1v) is 8.05. The number of hydrogen-bond acceptors (Lipinski definition) is 5. The number of nitrogens with two attached hydrogens (primary N) is 1. The van der Waals surface area contributed by atoms with Gasteiger partial charge in [-0.1, -0.05) is 23.7 Å². The number of nitrogen functional groups attached to an aromatic ring is 1. The fraction of sp³-hybridized carbons (Fsp3) is 0.278. The molecule has 0 aromatic heterocycles. The number of nitrogens with one attached hydrogen (secondary N) is 1. The van der Waals surface area contributed by atoms with Crippen molar-refractivity contribution in [1.29, 1.82) is 0 Å². The molecule has 3 N–H and O–H groups in total. The van der Waals surface area contributed by atoms with Gasteiger partial charge in [0, 0.05) is 19.7 Å². The number of benzene rings is 2. The van der Waals surface area contributed by atoms with Crippen molar-refractivity contribution in [3.05, 3.63) is 52.5 Å². The van der Waals surface area contributed by atoms with E-state index in [2.05, 4.69) is 5.32 Å². The van der Waals surface area contributed by atoms with Crippen LogP contribution in [0.1, 0.15) is 15.9 Å². The number of anilines is 1. The van der Waals surface area contributed by atoms with Crippen molar-refractivity contribution in [2.75, 3.05) is 33.2 Å². The van der Waals surface area contributed by atoms with E-state index >= 15 is 0 Å². The molecule has 0 unspecified atom stereocenters. The van der Waals surface area contributed by atoms with Crippen LogP contribution in [0.2, 0.25) is 5.02 Å². The molecule has 0 saturated carbocycles. The quantitative estimate of drug-likeness (QED) is 0.556. The fourth-order valence-electron chi connectivity index (χ4n) is 2.14. The van der Waals surface area contributed by atoms with Gasteiger partial charge in [-0.25, -0.2) is 0 Å². The van der Waals surface area contributed by atoms with Gasteiger partial charge in [0.2, 0.25) is 0 Å². The summed E-state index contributed by atoms with van der Waals surface area (Å²) in [5.41, 5.74) is 7.36. The van der Waals surface area contributed by atoms with Crippen molar-refractivity contribution in [3.8, 4) is 11.5 Å². The van der Waals surface area contributed by atoms with E-state index in [0.717, 1.165) is 11.3 Å². The number of rotatable bonds is 8. The van der Waals surface area contributed by atoms with Gasteiger partial charge in [-0.2, -0.15) is 0 Å². The Hall–Kier alpha value is -2.44. The summed E-state index contributed by atoms with van der Waals surface area (Å²) < 4.78 is 15.6. The molecule has 2 aromatic carbocycles. The van der Waals surface area contributed by atoms with Gasteiger partial charge in [-0.15, -0.1) is 0 Å². The Morgan fingerprint density at radius 1 is 1.16 bits per heavy atom. The first-order chi connectivity index (χ1) is 12.0. The number of hydrogen-bond donors (Lipinski definition) is 2. The highest BCUT2D eigenvalue weighted by Gasteiger charge is 2.14. The summed E-state index contributed by atoms with van der Waals surface area (Å²) in [4.78, 5) is 12.4. The number of ether oxygens (including phenoxy) is 3. The van der Waals surface area contributed by atoms with Crippen LogP contribution < -0.4 is 20.5 Å². The molecule has 0 spiro atoms. The number of methoxy groups -OCH3 is 2. The number of carbonyl (C=O) groups is 1. The first kappa shape index (κ1) is 18.9. The van der Waals surface area contributed by atoms with Crippen LogP contribution in [-0.4, -0.2) is 33.3 Å². The summed E-state index contributed by atoms with van der Waals surface area (Å²) in [5, 5.41) is 3.14. The van der Waals surface area contributed by atoms with Crippen LogP contribution in [0, 0.1) is 0 Å². The topological polar surface area (TPSA) is 82.8 Å². The second-order valence-electron chi connectivity index (χ2n) is 5.24. The third-order valence-corrected chi connectivity index (χ3v) is 3.82. The van der Waals surface area contributed by atoms with Gasteiger partial charge in [-0.3, -0.25) is 4.79 Å². The van der Waals surface area contributed by atoms with Crippen molar-refractivity contribution < 1.29 is 19.0 Å². The van der Waals surface area contributed by atoms with Gasteiger partial charge in [0.1, 0.15) is 18.1 Å². The predicted molar refractivity (Wildman–Crippen MR) is 97.4 cm³/mol. The van der Waals surface area contributed by atoms with E-state index in [1.807, 2.05) is 24.3 Å². The summed E-state index contributed by atoms with van der Waals surface area (Å²) >= 11 is 5.99. The molecule has 0 radical (unpaired) electrons. The van der Waals surface area contributed by atoms with Gasteiger partial charge in [0.05, 0.1) is 30.0 Å². The molecule has 0 saturated heterocycles. The van der Waals surface area contributed by atoms with Crippen LogP contribution in [0.5, 0.6) is 11.5 Å². The average molecular weight is 365 g/mol. The Morgan fingerprint density at radius 3 is 2.52 bits per heavy atom. The number of halogens is 1. The molecular formula is C18H21ClN2O4. The van der Waals surface area contributed by atoms with E-state index in [9.17, 15) is 4.79 Å². The predicted octanol–water partition coefficient (Wildman–Crippen LogP) is 2.89. The standard InChI is InChI=1S/C18H21ClN2O4/c1-23-7-8-25-13-5-3-12(4-6-13)11-21-18(22)14-9-15(19)16(20)10-17(14)24-2/h3-6,9-10H,7-8,11,20H2,1-2H3,(H,21,22). The molecule has 0 fully saturated rings. The van der Waals surface area contributed by atoms with Crippen LogP contribution in [0.3, 0.4) is 0 Å². The van der Waals surface area contributed by atoms with Crippen LogP contribution in [0.4, 0.5) is 5.69 Å². The van der Waals surface area contributed by atoms with Crippen molar-refractivity contribution in [1.82, 2.24) is 5.32 Å². The molecule has 25 heavy (non-hydrogen) atoms. The fourth-order valence-corrected chi connectivity index (χ4v) is 2.30. The Morgan fingerprint density at radius 2 is 1.88 bits per heavy atom. The van der Waals surface area contributed by atoms with Gasteiger partial charge in [-0.05, 0) is 23.8 Å². The SMILES string of the molecule is COCCOc1ccc(CNC(=O)c2cc(Cl)c(N)cc2OC)cc1. The molecule has 0 heterocycles. The van der Waals surface area contributed by atoms with Crippen LogP contribution in [0.25, 0.3) is 0 Å². The summed E-state index contributed by atoms with van der Waals surface area (Å²) in [6.45, 7) is 1.39. The maximum Gasteiger partial charge on any atom is 0.255 e. The van der Waals surface area contributed by atoms with E-state index in [-0.39, 0.29) is 5.91 Å². The summed E-state index contributed by atoms with van der Waals surface area (Å²) in [6, 6.07) is 10.5. The molecule has 0 atom stereocenters. The lowest BCUT2D eigenvalue weighted by Gasteiger charge is -2.12. The Kier molecular flexibility index (Phi) is 6.91. The molecule has 0 aliphatic heterocycles. The second-order valence-corrected chi connectivity index (χ2v) is 5.65. The molecule has 2 aromatic rings. The Bertz CT molecular complexity index is 720. The maximum atomic E-state index is 12.4. The van der Waals surface area contributed by atoms with Gasteiger partial charge >= 0.3 is 0 Å². The smallest absolute Gasteiger partial charge is 0.255 e. The minimum Gasteiger partial charge on any atom is -0.496 e. The zero-order valence-corrected chi connectivity index (χ0v) is 14.9. The van der Waals surface area contributed by atoms with E-state index in [4.69, 9.17) is 31.5 Å². The van der Waals surface area contributed by atoms with Gasteiger partial charge in [0.25, 0.3) is 5.91 Å². The lowest BCUT2D eigenvalue weighted by molar-refractivity contribution is 0.0948. The highest BCUT2D eigenvalue weighted by molar-refractivity contribution is 6.33. The maximum absolute atomic E-state index is 12.4. The largest absolute Gasteiger partial charge is 0.496 e. The molecule has 6 nitrogen and oxygen atoms in total. The van der Waals surface area contributed by atoms with Crippen molar-refractivity contribution in [3.63, 3.8) is 0 Å². The second kappa shape index (κ2) is 9.15. The Balaban J connectivity index is 1.97. The monoisotopic (exact) mass is 364 g/mol. The van der Waals surface area contributed by atoms with E-state index in [0.29, 0.717) is 41.8 Å². The molecule has 0 bridgehead atoms. The third-order valence-electron chi connectivity index (χ3n) is 3.50. The summed E-state index contributed by atoms with van der Waals surface area (Å²) in [7, 11) is 3.10. The zero-order chi connectivity index (χ0) is 18.2. The van der Waals surface area contributed by atoms with Crippen LogP contribution in [0.15, 0.2) is 36.4 Å². The normalized spacial score (nSPS) is 10.4. The summed E-state index contributed by atoms with van der Waals surface area (Å²) in [6.07, 6.45) is 0. The van der Waals surface area contributed by atoms with Crippen LogP contribution in [-0.2, 0) is 11.3 Å². The molecule has 0 aliphatic carbocycles. The first-order valence-electron chi connectivity index (χ1n) is 7.67.